The maximum absolute atomic E-state index is 11.9. The number of alkyl halides is 3. The highest BCUT2D eigenvalue weighted by atomic mass is 79.9. The molecule has 1 aromatic heterocycles. The quantitative estimate of drug-likeness (QED) is 0.783. The van der Waals surface area contributed by atoms with Gasteiger partial charge in [-0.15, -0.1) is 13.2 Å². The number of hydrogen-bond donors (Lipinski definition) is 0. The van der Waals surface area contributed by atoms with Gasteiger partial charge in [0.25, 0.3) is 0 Å². The van der Waals surface area contributed by atoms with Crippen molar-refractivity contribution in [2.24, 2.45) is 0 Å². The van der Waals surface area contributed by atoms with E-state index in [-0.39, 0.29) is 10.2 Å². The molecule has 0 radical (unpaired) electrons. The number of rotatable bonds is 2. The third-order valence-electron chi connectivity index (χ3n) is 1.52. The minimum Gasteiger partial charge on any atom is -0.494 e. The van der Waals surface area contributed by atoms with Crippen LogP contribution in [0.4, 0.5) is 13.2 Å². The summed E-state index contributed by atoms with van der Waals surface area (Å²) in [4.78, 5) is 3.58. The van der Waals surface area contributed by atoms with Crippen LogP contribution in [0.1, 0.15) is 5.56 Å². The Morgan fingerprint density at radius 1 is 1.40 bits per heavy atom. The summed E-state index contributed by atoms with van der Waals surface area (Å²) < 4.78 is 44.5. The average Bonchev–Trinajstić information content (AvgIpc) is 2.08. The predicted molar refractivity (Wildman–Crippen MR) is 49.9 cm³/mol. The van der Waals surface area contributed by atoms with E-state index in [1.165, 1.54) is 20.1 Å². The fourth-order valence-electron chi connectivity index (χ4n) is 0.906. The normalized spacial score (nSPS) is 11.3. The van der Waals surface area contributed by atoms with Crippen molar-refractivity contribution in [3.05, 3.63) is 16.2 Å². The van der Waals surface area contributed by atoms with Crippen LogP contribution in [0.25, 0.3) is 0 Å². The van der Waals surface area contributed by atoms with Crippen molar-refractivity contribution in [1.82, 2.24) is 4.98 Å². The molecule has 0 saturated heterocycles. The molecule has 0 amide bonds. The summed E-state index contributed by atoms with van der Waals surface area (Å²) in [6.07, 6.45) is -4.74. The number of aryl methyl sites for hydroxylation is 1. The summed E-state index contributed by atoms with van der Waals surface area (Å²) in [7, 11) is 1.39. The molecule has 0 unspecified atom stereocenters. The molecule has 0 aliphatic heterocycles. The first-order valence-electron chi connectivity index (χ1n) is 3.80. The van der Waals surface area contributed by atoms with Crippen LogP contribution >= 0.6 is 15.9 Å². The fourth-order valence-corrected chi connectivity index (χ4v) is 1.34. The molecule has 0 spiro atoms. The van der Waals surface area contributed by atoms with E-state index in [1.54, 1.807) is 0 Å². The van der Waals surface area contributed by atoms with Crippen molar-refractivity contribution in [2.75, 3.05) is 7.11 Å². The lowest BCUT2D eigenvalue weighted by Crippen LogP contribution is -2.18. The Morgan fingerprint density at radius 2 is 2.00 bits per heavy atom. The summed E-state index contributed by atoms with van der Waals surface area (Å²) in [6, 6.07) is 1.40. The van der Waals surface area contributed by atoms with Gasteiger partial charge >= 0.3 is 6.36 Å². The van der Waals surface area contributed by atoms with E-state index >= 15 is 0 Å². The summed E-state index contributed by atoms with van der Waals surface area (Å²) in [5, 5.41) is 0. The number of nitrogens with zero attached hydrogens (tertiary/aromatic N) is 1. The molecule has 1 aromatic rings. The number of methoxy groups -OCH3 is 1. The lowest BCUT2D eigenvalue weighted by Gasteiger charge is -2.11. The highest BCUT2D eigenvalue weighted by Gasteiger charge is 2.32. The summed E-state index contributed by atoms with van der Waals surface area (Å²) >= 11 is 2.97. The molecule has 0 N–H and O–H groups in total. The predicted octanol–water partition coefficient (Wildman–Crippen LogP) is 3.06. The van der Waals surface area contributed by atoms with Crippen LogP contribution in [0.2, 0.25) is 0 Å². The Hall–Kier alpha value is -0.980. The monoisotopic (exact) mass is 285 g/mol. The third-order valence-corrected chi connectivity index (χ3v) is 2.09. The molecule has 15 heavy (non-hydrogen) atoms. The van der Waals surface area contributed by atoms with Crippen molar-refractivity contribution in [2.45, 2.75) is 13.3 Å². The minimum absolute atomic E-state index is 0.162. The molecule has 84 valence electrons. The zero-order chi connectivity index (χ0) is 11.6. The number of pyridine rings is 1. The molecule has 7 heteroatoms. The van der Waals surface area contributed by atoms with Gasteiger partial charge in [0.1, 0.15) is 0 Å². The molecule has 0 bridgehead atoms. The SMILES string of the molecule is COc1cc(C)c(OC(F)(F)F)nc1Br. The summed E-state index contributed by atoms with van der Waals surface area (Å²) in [5.74, 6) is -0.141. The van der Waals surface area contributed by atoms with Crippen LogP contribution in [0.15, 0.2) is 10.7 Å². The molecule has 0 aliphatic rings. The van der Waals surface area contributed by atoms with Crippen molar-refractivity contribution in [3.8, 4) is 11.6 Å². The van der Waals surface area contributed by atoms with Gasteiger partial charge in [-0.3, -0.25) is 0 Å². The Kier molecular flexibility index (Phi) is 3.43. The van der Waals surface area contributed by atoms with Crippen LogP contribution in [-0.2, 0) is 0 Å². The van der Waals surface area contributed by atoms with Gasteiger partial charge in [0.05, 0.1) is 7.11 Å². The number of ether oxygens (including phenoxy) is 2. The summed E-state index contributed by atoms with van der Waals surface area (Å²) in [5.41, 5.74) is 0.243. The van der Waals surface area contributed by atoms with E-state index in [0.717, 1.165) is 0 Å². The first-order chi connectivity index (χ1) is 6.83. The van der Waals surface area contributed by atoms with E-state index in [2.05, 4.69) is 25.7 Å². The third kappa shape index (κ3) is 3.26. The second kappa shape index (κ2) is 4.26. The molecule has 0 saturated carbocycles. The van der Waals surface area contributed by atoms with Crippen LogP contribution in [0.5, 0.6) is 11.6 Å². The highest BCUT2D eigenvalue weighted by Crippen LogP contribution is 2.31. The second-order valence-corrected chi connectivity index (χ2v) is 3.40. The zero-order valence-electron chi connectivity index (χ0n) is 7.85. The Balaban J connectivity index is 3.05. The molecule has 0 fully saturated rings. The van der Waals surface area contributed by atoms with E-state index in [1.807, 2.05) is 0 Å². The lowest BCUT2D eigenvalue weighted by atomic mass is 10.3. The topological polar surface area (TPSA) is 31.4 Å². The van der Waals surface area contributed by atoms with Gasteiger partial charge in [-0.05, 0) is 28.9 Å². The van der Waals surface area contributed by atoms with Crippen molar-refractivity contribution in [3.63, 3.8) is 0 Å². The van der Waals surface area contributed by atoms with Crippen LogP contribution in [0.3, 0.4) is 0 Å². The Bertz CT molecular complexity index is 368. The Labute approximate surface area is 92.3 Å². The van der Waals surface area contributed by atoms with Crippen molar-refractivity contribution < 1.29 is 22.6 Å². The Morgan fingerprint density at radius 3 is 2.47 bits per heavy atom. The van der Waals surface area contributed by atoms with Crippen molar-refractivity contribution >= 4 is 15.9 Å². The average molecular weight is 286 g/mol. The van der Waals surface area contributed by atoms with Crippen LogP contribution < -0.4 is 9.47 Å². The lowest BCUT2D eigenvalue weighted by molar-refractivity contribution is -0.276. The molecule has 0 aromatic carbocycles. The van der Waals surface area contributed by atoms with Gasteiger partial charge in [-0.2, -0.15) is 0 Å². The van der Waals surface area contributed by atoms with Crippen molar-refractivity contribution in [1.29, 1.82) is 0 Å². The molecule has 1 heterocycles. The standard InChI is InChI=1S/C8H7BrF3NO2/c1-4-3-5(14-2)6(9)13-7(4)15-8(10,11)12/h3H,1-2H3. The first-order valence-corrected chi connectivity index (χ1v) is 4.59. The van der Waals surface area contributed by atoms with Gasteiger partial charge in [-0.25, -0.2) is 4.98 Å². The minimum atomic E-state index is -4.74. The first kappa shape index (κ1) is 12.1. The van der Waals surface area contributed by atoms with Gasteiger partial charge in [0.15, 0.2) is 10.4 Å². The molecule has 0 aliphatic carbocycles. The number of aromatic nitrogens is 1. The number of hydrogen-bond acceptors (Lipinski definition) is 3. The molecular weight excluding hydrogens is 279 g/mol. The largest absolute Gasteiger partial charge is 0.574 e. The van der Waals surface area contributed by atoms with Gasteiger partial charge in [-0.1, -0.05) is 0 Å². The van der Waals surface area contributed by atoms with Crippen LogP contribution in [0, 0.1) is 6.92 Å². The van der Waals surface area contributed by atoms with Crippen LogP contribution in [-0.4, -0.2) is 18.5 Å². The molecular formula is C8H7BrF3NO2. The second-order valence-electron chi connectivity index (χ2n) is 2.65. The van der Waals surface area contributed by atoms with E-state index in [9.17, 15) is 13.2 Å². The highest BCUT2D eigenvalue weighted by molar-refractivity contribution is 9.10. The maximum atomic E-state index is 11.9. The number of halogens is 4. The van der Waals surface area contributed by atoms with E-state index in [4.69, 9.17) is 4.74 Å². The molecule has 3 nitrogen and oxygen atoms in total. The summed E-state index contributed by atoms with van der Waals surface area (Å²) in [6.45, 7) is 1.45. The molecule has 0 atom stereocenters. The van der Waals surface area contributed by atoms with Gasteiger partial charge in [0.2, 0.25) is 5.88 Å². The van der Waals surface area contributed by atoms with Gasteiger partial charge in [0, 0.05) is 5.56 Å². The maximum Gasteiger partial charge on any atom is 0.574 e. The fraction of sp³-hybridized carbons (Fsp3) is 0.375. The van der Waals surface area contributed by atoms with E-state index in [0.29, 0.717) is 5.75 Å². The van der Waals surface area contributed by atoms with E-state index < -0.39 is 12.2 Å². The zero-order valence-corrected chi connectivity index (χ0v) is 9.44. The molecule has 1 rings (SSSR count). The smallest absolute Gasteiger partial charge is 0.494 e. The van der Waals surface area contributed by atoms with Gasteiger partial charge < -0.3 is 9.47 Å².